The number of nitrogens with zero attached hydrogens (tertiary/aromatic N) is 6. The van der Waals surface area contributed by atoms with Gasteiger partial charge >= 0.3 is 0 Å². The van der Waals surface area contributed by atoms with E-state index in [2.05, 4.69) is 25.5 Å². The molecule has 0 atom stereocenters. The van der Waals surface area contributed by atoms with Crippen molar-refractivity contribution in [3.63, 3.8) is 0 Å². The number of fused-ring (bicyclic) bond motifs is 1. The number of hydrogen-bond donors (Lipinski definition) is 3. The first-order valence-corrected chi connectivity index (χ1v) is 10.3. The number of carbonyl (C=O) groups excluding carboxylic acids is 1. The summed E-state index contributed by atoms with van der Waals surface area (Å²) in [4.78, 5) is 21.3. The molecule has 1 aliphatic rings. The number of nitrogens with one attached hydrogen (secondary N) is 2. The van der Waals surface area contributed by atoms with Gasteiger partial charge in [0, 0.05) is 44.1 Å². The Morgan fingerprint density at radius 3 is 2.63 bits per heavy atom. The second-order valence-corrected chi connectivity index (χ2v) is 7.68. The van der Waals surface area contributed by atoms with Crippen LogP contribution >= 0.6 is 0 Å². The lowest BCUT2D eigenvalue weighted by molar-refractivity contribution is -0.152. The van der Waals surface area contributed by atoms with E-state index in [1.165, 1.54) is 0 Å². The molecule has 4 rings (SSSR count). The van der Waals surface area contributed by atoms with Crippen molar-refractivity contribution in [2.75, 3.05) is 36.4 Å². The van der Waals surface area contributed by atoms with E-state index in [9.17, 15) is 9.90 Å². The summed E-state index contributed by atoms with van der Waals surface area (Å²) in [7, 11) is 0. The number of H-pyrrole nitrogens is 1. The van der Waals surface area contributed by atoms with Crippen molar-refractivity contribution in [3.05, 3.63) is 30.1 Å². The van der Waals surface area contributed by atoms with Crippen LogP contribution in [-0.4, -0.2) is 72.5 Å². The number of aryl methyl sites for hydroxylation is 1. The first-order valence-electron chi connectivity index (χ1n) is 10.3. The number of aromatic nitrogens is 5. The largest absolute Gasteiger partial charge is 0.380 e. The van der Waals surface area contributed by atoms with Gasteiger partial charge in [0.15, 0.2) is 11.6 Å². The molecule has 1 amide bonds. The molecule has 3 aromatic rings. The number of rotatable bonds is 6. The summed E-state index contributed by atoms with van der Waals surface area (Å²) in [6.07, 6.45) is 2.71. The van der Waals surface area contributed by atoms with Gasteiger partial charge in [0.1, 0.15) is 11.1 Å². The highest BCUT2D eigenvalue weighted by atomic mass is 16.3. The Morgan fingerprint density at radius 2 is 2.00 bits per heavy atom. The van der Waals surface area contributed by atoms with Gasteiger partial charge in [-0.1, -0.05) is 13.8 Å². The zero-order valence-electron chi connectivity index (χ0n) is 17.6. The number of amides is 1. The Labute approximate surface area is 174 Å². The van der Waals surface area contributed by atoms with E-state index >= 15 is 0 Å². The Kier molecular flexibility index (Phi) is 5.33. The minimum Gasteiger partial charge on any atom is -0.380 e. The third-order valence-corrected chi connectivity index (χ3v) is 5.75. The summed E-state index contributed by atoms with van der Waals surface area (Å²) in [5.41, 5.74) is 0.531. The Morgan fingerprint density at radius 1 is 1.27 bits per heavy atom. The lowest BCUT2D eigenvalue weighted by Crippen LogP contribution is -2.55. The van der Waals surface area contributed by atoms with E-state index in [0.717, 1.165) is 11.2 Å². The van der Waals surface area contributed by atoms with Crippen LogP contribution in [0.25, 0.3) is 5.52 Å². The van der Waals surface area contributed by atoms with Crippen molar-refractivity contribution >= 4 is 29.0 Å². The Hall–Kier alpha value is -3.14. The maximum Gasteiger partial charge on any atom is 0.254 e. The smallest absolute Gasteiger partial charge is 0.254 e. The van der Waals surface area contributed by atoms with Crippen LogP contribution in [0.15, 0.2) is 24.4 Å². The predicted molar refractivity (Wildman–Crippen MR) is 114 cm³/mol. The van der Waals surface area contributed by atoms with Gasteiger partial charge in [0.25, 0.3) is 5.91 Å². The fourth-order valence-corrected chi connectivity index (χ4v) is 3.71. The fraction of sp³-hybridized carbons (Fsp3) is 0.500. The maximum absolute atomic E-state index is 12.7. The lowest BCUT2D eigenvalue weighted by atomic mass is 9.95. The van der Waals surface area contributed by atoms with Gasteiger partial charge in [-0.3, -0.25) is 9.89 Å². The molecule has 1 fully saturated rings. The number of aromatic amines is 1. The van der Waals surface area contributed by atoms with Crippen LogP contribution < -0.4 is 10.2 Å². The molecule has 4 heterocycles. The molecule has 10 nitrogen and oxygen atoms in total. The molecule has 3 N–H and O–H groups in total. The highest BCUT2D eigenvalue weighted by Crippen LogP contribution is 2.24. The van der Waals surface area contributed by atoms with E-state index < -0.39 is 5.60 Å². The number of anilines is 3. The molecule has 1 saturated heterocycles. The zero-order chi connectivity index (χ0) is 21.3. The number of aliphatic hydroxyl groups is 1. The van der Waals surface area contributed by atoms with Crippen LogP contribution in [0, 0.1) is 6.92 Å². The molecule has 0 spiro atoms. The van der Waals surface area contributed by atoms with Crippen LogP contribution in [0.5, 0.6) is 0 Å². The van der Waals surface area contributed by atoms with Crippen LogP contribution in [0.4, 0.5) is 17.6 Å². The summed E-state index contributed by atoms with van der Waals surface area (Å²) in [5, 5.41) is 25.6. The Bertz CT molecular complexity index is 1030. The van der Waals surface area contributed by atoms with E-state index in [1.807, 2.05) is 45.2 Å². The average molecular weight is 412 g/mol. The van der Waals surface area contributed by atoms with E-state index in [1.54, 1.807) is 9.42 Å². The van der Waals surface area contributed by atoms with E-state index in [0.29, 0.717) is 56.6 Å². The summed E-state index contributed by atoms with van der Waals surface area (Å²) in [6.45, 7) is 7.87. The quantitative estimate of drug-likeness (QED) is 0.564. The van der Waals surface area contributed by atoms with Crippen LogP contribution in [0.2, 0.25) is 0 Å². The number of carbonyl (C=O) groups is 1. The van der Waals surface area contributed by atoms with E-state index in [-0.39, 0.29) is 5.91 Å². The summed E-state index contributed by atoms with van der Waals surface area (Å²) in [5.74, 6) is 1.75. The Balaban J connectivity index is 1.52. The van der Waals surface area contributed by atoms with Crippen molar-refractivity contribution in [1.29, 1.82) is 0 Å². The topological polar surface area (TPSA) is 115 Å². The monoisotopic (exact) mass is 412 g/mol. The minimum absolute atomic E-state index is 0.190. The van der Waals surface area contributed by atoms with Gasteiger partial charge in [-0.05, 0) is 31.9 Å². The number of hydrogen-bond acceptors (Lipinski definition) is 7. The van der Waals surface area contributed by atoms with Gasteiger partial charge < -0.3 is 20.2 Å². The summed E-state index contributed by atoms with van der Waals surface area (Å²) >= 11 is 0. The number of piperazine rings is 1. The van der Waals surface area contributed by atoms with Gasteiger partial charge in [-0.2, -0.15) is 10.1 Å². The van der Waals surface area contributed by atoms with Gasteiger partial charge in [0.2, 0.25) is 5.95 Å². The lowest BCUT2D eigenvalue weighted by Gasteiger charge is -2.38. The van der Waals surface area contributed by atoms with Gasteiger partial charge in [-0.15, -0.1) is 5.10 Å². The molecule has 0 bridgehead atoms. The molecule has 160 valence electrons. The molecule has 0 aromatic carbocycles. The molecule has 0 aliphatic carbocycles. The molecule has 0 saturated carbocycles. The molecule has 3 aromatic heterocycles. The van der Waals surface area contributed by atoms with Crippen molar-refractivity contribution in [2.45, 2.75) is 39.2 Å². The molecule has 1 aliphatic heterocycles. The summed E-state index contributed by atoms with van der Waals surface area (Å²) < 4.78 is 1.79. The van der Waals surface area contributed by atoms with E-state index in [4.69, 9.17) is 4.98 Å². The third kappa shape index (κ3) is 3.70. The molecular formula is C20H28N8O2. The second-order valence-electron chi connectivity index (χ2n) is 7.68. The first kappa shape index (κ1) is 20.1. The highest BCUT2D eigenvalue weighted by Gasteiger charge is 2.37. The third-order valence-electron chi connectivity index (χ3n) is 5.75. The average Bonchev–Trinajstić information content (AvgIpc) is 3.41. The van der Waals surface area contributed by atoms with Crippen LogP contribution in [0.1, 0.15) is 32.4 Å². The molecule has 30 heavy (non-hydrogen) atoms. The predicted octanol–water partition coefficient (Wildman–Crippen LogP) is 1.70. The molecule has 0 unspecified atom stereocenters. The first-order chi connectivity index (χ1) is 14.4. The van der Waals surface area contributed by atoms with Gasteiger partial charge in [0.05, 0.1) is 0 Å². The fourth-order valence-electron chi connectivity index (χ4n) is 3.71. The van der Waals surface area contributed by atoms with Crippen molar-refractivity contribution < 1.29 is 9.90 Å². The normalized spacial score (nSPS) is 15.1. The molecule has 10 heteroatoms. The van der Waals surface area contributed by atoms with Crippen molar-refractivity contribution in [2.24, 2.45) is 0 Å². The maximum atomic E-state index is 12.7. The zero-order valence-corrected chi connectivity index (χ0v) is 17.6. The van der Waals surface area contributed by atoms with Gasteiger partial charge in [-0.25, -0.2) is 4.52 Å². The molecular weight excluding hydrogens is 384 g/mol. The standard InChI is InChI=1S/C20H28N8O2/c1-4-20(30,5-2)18(29)26-9-11-27(12-10-26)19-22-17(15-7-6-8-28(15)25-19)21-16-13-14(3)23-24-16/h6-8,13,30H,4-5,9-12H2,1-3H3,(H2,21,22,23,24,25). The van der Waals surface area contributed by atoms with Crippen molar-refractivity contribution in [1.82, 2.24) is 29.7 Å². The van der Waals surface area contributed by atoms with Crippen LogP contribution in [0.3, 0.4) is 0 Å². The highest BCUT2D eigenvalue weighted by molar-refractivity contribution is 5.85. The minimum atomic E-state index is -1.28. The SMILES string of the molecule is CCC(O)(CC)C(=O)N1CCN(c2nc(Nc3cc(C)[nH]n3)c3cccn3n2)CC1. The second kappa shape index (κ2) is 7.94. The van der Waals surface area contributed by atoms with Crippen molar-refractivity contribution in [3.8, 4) is 0 Å². The van der Waals surface area contributed by atoms with Crippen LogP contribution in [-0.2, 0) is 4.79 Å². The summed E-state index contributed by atoms with van der Waals surface area (Å²) in [6, 6.07) is 5.77. The molecule has 0 radical (unpaired) electrons.